The quantitative estimate of drug-likeness (QED) is 0.579. The number of aliphatic hydroxyl groups excluding tert-OH is 1. The molecule has 1 heterocycles. The number of rotatable bonds is 9. The van der Waals surface area contributed by atoms with E-state index in [2.05, 4.69) is 0 Å². The Morgan fingerprint density at radius 3 is 2.25 bits per heavy atom. The Bertz CT molecular complexity index is 768. The molecule has 5 heteroatoms. The predicted octanol–water partition coefficient (Wildman–Crippen LogP) is 4.82. The van der Waals surface area contributed by atoms with Crippen molar-refractivity contribution in [1.82, 2.24) is 4.90 Å². The lowest BCUT2D eigenvalue weighted by Gasteiger charge is -2.34. The van der Waals surface area contributed by atoms with E-state index >= 15 is 0 Å². The summed E-state index contributed by atoms with van der Waals surface area (Å²) >= 11 is 0. The van der Waals surface area contributed by atoms with Gasteiger partial charge >= 0.3 is 0 Å². The molecule has 2 fully saturated rings. The third kappa shape index (κ3) is 5.36. The van der Waals surface area contributed by atoms with E-state index in [-0.39, 0.29) is 18.6 Å². The van der Waals surface area contributed by atoms with Crippen molar-refractivity contribution in [3.8, 4) is 0 Å². The van der Waals surface area contributed by atoms with Crippen molar-refractivity contribution in [1.29, 1.82) is 0 Å². The Morgan fingerprint density at radius 2 is 1.62 bits per heavy atom. The van der Waals surface area contributed by atoms with E-state index in [0.29, 0.717) is 24.2 Å². The minimum absolute atomic E-state index is 0.0337. The number of aliphatic imine (C=N–C) groups is 1. The average molecular weight is 440 g/mol. The molecule has 2 atom stereocenters. The van der Waals surface area contributed by atoms with Gasteiger partial charge in [-0.15, -0.1) is 0 Å². The molecule has 0 spiro atoms. The Labute approximate surface area is 193 Å². The van der Waals surface area contributed by atoms with E-state index in [4.69, 9.17) is 10.7 Å². The fraction of sp³-hybridized carbons (Fsp3) is 0.704. The van der Waals surface area contributed by atoms with Crippen LogP contribution in [-0.2, 0) is 11.2 Å². The maximum Gasteiger partial charge on any atom is 0.257 e. The minimum atomic E-state index is -0.729. The summed E-state index contributed by atoms with van der Waals surface area (Å²) in [4.78, 5) is 20.6. The molecule has 0 saturated heterocycles. The van der Waals surface area contributed by atoms with Crippen LogP contribution in [0.3, 0.4) is 0 Å². The van der Waals surface area contributed by atoms with Crippen molar-refractivity contribution < 1.29 is 9.90 Å². The zero-order valence-electron chi connectivity index (χ0n) is 19.6. The Kier molecular flexibility index (Phi) is 7.88. The van der Waals surface area contributed by atoms with Crippen LogP contribution >= 0.6 is 0 Å². The molecule has 1 aliphatic heterocycles. The van der Waals surface area contributed by atoms with Crippen molar-refractivity contribution >= 4 is 11.9 Å². The maximum atomic E-state index is 14.0. The fourth-order valence-corrected chi connectivity index (χ4v) is 6.31. The highest BCUT2D eigenvalue weighted by atomic mass is 16.3. The van der Waals surface area contributed by atoms with Gasteiger partial charge in [-0.3, -0.25) is 9.69 Å². The van der Waals surface area contributed by atoms with Gasteiger partial charge in [0.05, 0.1) is 12.6 Å². The Morgan fingerprint density at radius 1 is 1.00 bits per heavy atom. The second-order valence-corrected chi connectivity index (χ2v) is 10.5. The van der Waals surface area contributed by atoms with Gasteiger partial charge in [0, 0.05) is 0 Å². The summed E-state index contributed by atoms with van der Waals surface area (Å²) in [6.07, 6.45) is 16.0. The minimum Gasteiger partial charge on any atom is -0.394 e. The summed E-state index contributed by atoms with van der Waals surface area (Å²) in [5, 5.41) is 10.2. The van der Waals surface area contributed by atoms with Gasteiger partial charge in [0.2, 0.25) is 0 Å². The van der Waals surface area contributed by atoms with Gasteiger partial charge in [0.15, 0.2) is 5.96 Å². The predicted molar refractivity (Wildman–Crippen MR) is 129 cm³/mol. The van der Waals surface area contributed by atoms with Crippen molar-refractivity contribution in [3.05, 3.63) is 35.9 Å². The van der Waals surface area contributed by atoms with Gasteiger partial charge in [-0.05, 0) is 43.1 Å². The second kappa shape index (κ2) is 10.8. The van der Waals surface area contributed by atoms with Gasteiger partial charge in [-0.2, -0.15) is 0 Å². The second-order valence-electron chi connectivity index (χ2n) is 10.5. The first-order chi connectivity index (χ1) is 15.6. The zero-order chi connectivity index (χ0) is 22.4. The molecule has 1 aromatic rings. The lowest BCUT2D eigenvalue weighted by molar-refractivity contribution is -0.134. The summed E-state index contributed by atoms with van der Waals surface area (Å²) in [5.41, 5.74) is 6.80. The molecule has 2 saturated carbocycles. The first kappa shape index (κ1) is 23.3. The Balaban J connectivity index is 1.53. The van der Waals surface area contributed by atoms with Crippen molar-refractivity contribution in [2.75, 3.05) is 6.61 Å². The van der Waals surface area contributed by atoms with Crippen LogP contribution in [0.15, 0.2) is 35.3 Å². The maximum absolute atomic E-state index is 14.0. The number of aliphatic hydroxyl groups is 1. The normalized spacial score (nSPS) is 26.3. The van der Waals surface area contributed by atoms with Crippen LogP contribution in [0.25, 0.3) is 0 Å². The molecule has 3 aliphatic rings. The lowest BCUT2D eigenvalue weighted by atomic mass is 9.75. The summed E-state index contributed by atoms with van der Waals surface area (Å²) in [6.45, 7) is -0.112. The lowest BCUT2D eigenvalue weighted by Crippen LogP contribution is -2.52. The largest absolute Gasteiger partial charge is 0.394 e. The number of nitrogens with zero attached hydrogens (tertiary/aromatic N) is 2. The summed E-state index contributed by atoms with van der Waals surface area (Å²) in [6, 6.07) is 9.67. The van der Waals surface area contributed by atoms with E-state index in [1.54, 1.807) is 4.90 Å². The molecular weight excluding hydrogens is 398 g/mol. The monoisotopic (exact) mass is 439 g/mol. The number of hydrogen-bond donors (Lipinski definition) is 2. The molecule has 2 aliphatic carbocycles. The van der Waals surface area contributed by atoms with Crippen LogP contribution in [0.2, 0.25) is 0 Å². The van der Waals surface area contributed by atoms with Gasteiger partial charge in [-0.25, -0.2) is 4.99 Å². The van der Waals surface area contributed by atoms with E-state index in [1.807, 2.05) is 30.3 Å². The number of benzene rings is 1. The van der Waals surface area contributed by atoms with Crippen LogP contribution in [0.4, 0.5) is 0 Å². The first-order valence-electron chi connectivity index (χ1n) is 12.9. The highest BCUT2D eigenvalue weighted by Crippen LogP contribution is 2.41. The third-order valence-electron chi connectivity index (χ3n) is 8.12. The van der Waals surface area contributed by atoms with Crippen LogP contribution in [0.5, 0.6) is 0 Å². The molecule has 5 nitrogen and oxygen atoms in total. The Hall–Kier alpha value is -1.88. The van der Waals surface area contributed by atoms with Gasteiger partial charge in [0.25, 0.3) is 5.91 Å². The zero-order valence-corrected chi connectivity index (χ0v) is 19.6. The molecule has 0 unspecified atom stereocenters. The SMILES string of the molecule is NC1=N[C@](CCC2CCCCC2)(CC2CCCCC2)C(=O)N1[C@H](CO)Cc1ccccc1. The molecular formula is C27H41N3O2. The number of nitrogens with two attached hydrogens (primary N) is 1. The molecule has 0 bridgehead atoms. The van der Waals surface area contributed by atoms with Gasteiger partial charge < -0.3 is 10.8 Å². The topological polar surface area (TPSA) is 78.9 Å². The summed E-state index contributed by atoms with van der Waals surface area (Å²) in [5.74, 6) is 1.61. The van der Waals surface area contributed by atoms with Gasteiger partial charge in [-0.1, -0.05) is 94.5 Å². The molecule has 1 aromatic carbocycles. The number of guanidine groups is 1. The molecule has 32 heavy (non-hydrogen) atoms. The fourth-order valence-electron chi connectivity index (χ4n) is 6.31. The average Bonchev–Trinajstić information content (AvgIpc) is 3.07. The first-order valence-corrected chi connectivity index (χ1v) is 12.9. The summed E-state index contributed by atoms with van der Waals surface area (Å²) < 4.78 is 0. The highest BCUT2D eigenvalue weighted by molar-refractivity contribution is 6.07. The third-order valence-corrected chi connectivity index (χ3v) is 8.12. The van der Waals surface area contributed by atoms with Crippen LogP contribution in [0.1, 0.15) is 89.0 Å². The van der Waals surface area contributed by atoms with Crippen molar-refractivity contribution in [2.45, 2.75) is 101 Å². The van der Waals surface area contributed by atoms with E-state index in [0.717, 1.165) is 24.8 Å². The number of hydrogen-bond acceptors (Lipinski definition) is 4. The number of amides is 1. The van der Waals surface area contributed by atoms with E-state index in [9.17, 15) is 9.90 Å². The van der Waals surface area contributed by atoms with Crippen molar-refractivity contribution in [2.24, 2.45) is 22.6 Å². The standard InChI is InChI=1S/C27H41N3O2/c28-26-29-27(19-23-14-8-3-9-15-23,17-16-21-10-4-1-5-11-21)25(32)30(26)24(20-31)18-22-12-6-2-7-13-22/h2,6-7,12-13,21,23-24,31H,1,3-5,8-11,14-20H2,(H2,28,29)/t24-,27+/m0/s1. The van der Waals surface area contributed by atoms with Crippen LogP contribution in [0, 0.1) is 11.8 Å². The molecule has 4 rings (SSSR count). The summed E-state index contributed by atoms with van der Waals surface area (Å²) in [7, 11) is 0. The number of carbonyl (C=O) groups is 1. The van der Waals surface area contributed by atoms with Crippen molar-refractivity contribution in [3.63, 3.8) is 0 Å². The molecule has 1 amide bonds. The van der Waals surface area contributed by atoms with E-state index < -0.39 is 5.54 Å². The molecule has 176 valence electrons. The van der Waals surface area contributed by atoms with Crippen LogP contribution < -0.4 is 5.73 Å². The molecule has 0 aromatic heterocycles. The number of carbonyl (C=O) groups excluding carboxylic acids is 1. The highest BCUT2D eigenvalue weighted by Gasteiger charge is 2.50. The van der Waals surface area contributed by atoms with E-state index in [1.165, 1.54) is 64.2 Å². The molecule has 3 N–H and O–H groups in total. The van der Waals surface area contributed by atoms with Crippen LogP contribution in [-0.4, -0.2) is 40.1 Å². The molecule has 0 radical (unpaired) electrons. The van der Waals surface area contributed by atoms with Gasteiger partial charge in [0.1, 0.15) is 5.54 Å². The smallest absolute Gasteiger partial charge is 0.257 e.